The first-order valence-electron chi connectivity index (χ1n) is 7.73. The van der Waals surface area contributed by atoms with E-state index in [1.165, 1.54) is 18.3 Å². The summed E-state index contributed by atoms with van der Waals surface area (Å²) in [6.07, 6.45) is 1.17. The van der Waals surface area contributed by atoms with Crippen LogP contribution >= 0.6 is 11.3 Å². The number of ether oxygens (including phenoxy) is 1. The van der Waals surface area contributed by atoms with Crippen LogP contribution in [0, 0.1) is 0 Å². The Balaban J connectivity index is 2.50. The maximum Gasteiger partial charge on any atom is 0.307 e. The molecule has 0 atom stereocenters. The minimum Gasteiger partial charge on any atom is -0.466 e. The van der Waals surface area contributed by atoms with Gasteiger partial charge in [-0.15, -0.1) is 11.3 Å². The Labute approximate surface area is 140 Å². The topological polar surface area (TPSA) is 75.7 Å². The second-order valence-corrected chi connectivity index (χ2v) is 6.06. The molecule has 0 aliphatic carbocycles. The molecule has 0 saturated heterocycles. The molecule has 23 heavy (non-hydrogen) atoms. The first-order chi connectivity index (χ1) is 11.0. The van der Waals surface area contributed by atoms with E-state index >= 15 is 0 Å². The fourth-order valence-electron chi connectivity index (χ4n) is 2.03. The van der Waals surface area contributed by atoms with Gasteiger partial charge in [-0.3, -0.25) is 14.4 Å². The molecular weight excluding hydrogens is 316 g/mol. The molecule has 0 aliphatic heterocycles. The third-order valence-electron chi connectivity index (χ3n) is 3.13. The molecule has 6 nitrogen and oxygen atoms in total. The molecule has 0 radical (unpaired) electrons. The van der Waals surface area contributed by atoms with E-state index in [0.717, 1.165) is 4.88 Å². The molecule has 1 heterocycles. The fraction of sp³-hybridized carbons (Fsp3) is 0.562. The predicted molar refractivity (Wildman–Crippen MR) is 89.2 cm³/mol. The molecule has 0 aromatic carbocycles. The molecule has 1 aromatic heterocycles. The number of nitrogens with zero attached hydrogens (tertiary/aromatic N) is 1. The van der Waals surface area contributed by atoms with Crippen molar-refractivity contribution < 1.29 is 19.1 Å². The first kappa shape index (κ1) is 19.2. The summed E-state index contributed by atoms with van der Waals surface area (Å²) in [6.45, 7) is 4.90. The number of nitrogens with one attached hydrogen (secondary N) is 1. The Morgan fingerprint density at radius 1 is 1.30 bits per heavy atom. The van der Waals surface area contributed by atoms with Gasteiger partial charge in [-0.2, -0.15) is 0 Å². The number of hydrogen-bond acceptors (Lipinski definition) is 5. The molecule has 128 valence electrons. The average molecular weight is 340 g/mol. The van der Waals surface area contributed by atoms with Crippen LogP contribution in [0.1, 0.15) is 31.6 Å². The molecule has 0 bridgehead atoms. The van der Waals surface area contributed by atoms with Crippen LogP contribution < -0.4 is 5.32 Å². The van der Waals surface area contributed by atoms with Gasteiger partial charge in [0.15, 0.2) is 0 Å². The van der Waals surface area contributed by atoms with Gasteiger partial charge in [-0.1, -0.05) is 6.07 Å². The lowest BCUT2D eigenvalue weighted by Crippen LogP contribution is -2.36. The normalized spacial score (nSPS) is 10.2. The van der Waals surface area contributed by atoms with Gasteiger partial charge in [0.05, 0.1) is 19.4 Å². The van der Waals surface area contributed by atoms with Crippen LogP contribution in [-0.4, -0.2) is 48.9 Å². The van der Waals surface area contributed by atoms with Crippen LogP contribution in [-0.2, 0) is 25.5 Å². The molecule has 7 heteroatoms. The van der Waals surface area contributed by atoms with Gasteiger partial charge in [0.25, 0.3) is 0 Å². The molecule has 1 rings (SSSR count). The van der Waals surface area contributed by atoms with Crippen molar-refractivity contribution in [1.82, 2.24) is 10.2 Å². The van der Waals surface area contributed by atoms with Crippen molar-refractivity contribution in [1.29, 1.82) is 0 Å². The highest BCUT2D eigenvalue weighted by Gasteiger charge is 2.16. The number of thiophene rings is 1. The van der Waals surface area contributed by atoms with E-state index in [4.69, 9.17) is 4.74 Å². The molecule has 0 aliphatic rings. The maximum absolute atomic E-state index is 12.4. The molecule has 1 N–H and O–H groups in total. The van der Waals surface area contributed by atoms with E-state index in [2.05, 4.69) is 5.32 Å². The quantitative estimate of drug-likeness (QED) is 0.518. The van der Waals surface area contributed by atoms with Crippen molar-refractivity contribution in [2.75, 3.05) is 26.2 Å². The number of carbonyl (C=O) groups excluding carboxylic acids is 3. The fourth-order valence-corrected chi connectivity index (χ4v) is 2.72. The Bertz CT molecular complexity index is 502. The largest absolute Gasteiger partial charge is 0.466 e. The molecule has 0 fully saturated rings. The van der Waals surface area contributed by atoms with Crippen molar-refractivity contribution in [2.24, 2.45) is 0 Å². The Morgan fingerprint density at radius 3 is 2.70 bits per heavy atom. The van der Waals surface area contributed by atoms with Crippen molar-refractivity contribution in [3.05, 3.63) is 22.4 Å². The maximum atomic E-state index is 12.4. The average Bonchev–Trinajstić information content (AvgIpc) is 2.99. The van der Waals surface area contributed by atoms with Gasteiger partial charge < -0.3 is 15.0 Å². The van der Waals surface area contributed by atoms with Crippen molar-refractivity contribution >= 4 is 29.1 Å². The molecule has 2 amide bonds. The lowest BCUT2D eigenvalue weighted by Gasteiger charge is -2.22. The van der Waals surface area contributed by atoms with E-state index in [1.807, 2.05) is 17.5 Å². The van der Waals surface area contributed by atoms with Gasteiger partial charge in [0.1, 0.15) is 0 Å². The SMILES string of the molecule is CCOC(=O)CCN(CCCNC(C)=O)C(=O)Cc1cccs1. The van der Waals surface area contributed by atoms with Crippen LogP contribution in [0.4, 0.5) is 0 Å². The van der Waals surface area contributed by atoms with Gasteiger partial charge >= 0.3 is 5.97 Å². The molecule has 0 saturated carbocycles. The second kappa shape index (κ2) is 10.8. The molecule has 0 unspecified atom stereocenters. The summed E-state index contributed by atoms with van der Waals surface area (Å²) >= 11 is 1.54. The summed E-state index contributed by atoms with van der Waals surface area (Å²) in [4.78, 5) is 37.4. The molecule has 1 aromatic rings. The zero-order chi connectivity index (χ0) is 17.1. The molecular formula is C16H24N2O4S. The van der Waals surface area contributed by atoms with Crippen LogP contribution in [0.25, 0.3) is 0 Å². The van der Waals surface area contributed by atoms with E-state index in [-0.39, 0.29) is 24.2 Å². The number of amides is 2. The smallest absolute Gasteiger partial charge is 0.307 e. The summed E-state index contributed by atoms with van der Waals surface area (Å²) < 4.78 is 4.90. The van der Waals surface area contributed by atoms with Gasteiger partial charge in [-0.05, 0) is 24.8 Å². The highest BCUT2D eigenvalue weighted by Crippen LogP contribution is 2.11. The monoisotopic (exact) mass is 340 g/mol. The third kappa shape index (κ3) is 8.35. The number of carbonyl (C=O) groups is 3. The zero-order valence-corrected chi connectivity index (χ0v) is 14.5. The highest BCUT2D eigenvalue weighted by atomic mass is 32.1. The zero-order valence-electron chi connectivity index (χ0n) is 13.7. The summed E-state index contributed by atoms with van der Waals surface area (Å²) in [5, 5.41) is 4.64. The number of hydrogen-bond donors (Lipinski definition) is 1. The van der Waals surface area contributed by atoms with Gasteiger partial charge in [-0.25, -0.2) is 0 Å². The van der Waals surface area contributed by atoms with E-state index in [9.17, 15) is 14.4 Å². The second-order valence-electron chi connectivity index (χ2n) is 5.03. The van der Waals surface area contributed by atoms with Crippen LogP contribution in [0.2, 0.25) is 0 Å². The van der Waals surface area contributed by atoms with Crippen LogP contribution in [0.3, 0.4) is 0 Å². The van der Waals surface area contributed by atoms with E-state index in [1.54, 1.807) is 11.8 Å². The number of rotatable bonds is 10. The Hall–Kier alpha value is -1.89. The summed E-state index contributed by atoms with van der Waals surface area (Å²) in [5.74, 6) is -0.407. The van der Waals surface area contributed by atoms with E-state index < -0.39 is 0 Å². The minimum absolute atomic E-state index is 0.0143. The van der Waals surface area contributed by atoms with Crippen molar-refractivity contribution in [2.45, 2.75) is 33.1 Å². The third-order valence-corrected chi connectivity index (χ3v) is 4.00. The summed E-state index contributed by atoms with van der Waals surface area (Å²) in [6, 6.07) is 3.83. The standard InChI is InChI=1S/C16H24N2O4S/c1-3-22-16(21)7-10-18(9-5-8-17-13(2)19)15(20)12-14-6-4-11-23-14/h4,6,11H,3,5,7-10,12H2,1-2H3,(H,17,19). The minimum atomic E-state index is -0.303. The Morgan fingerprint density at radius 2 is 2.09 bits per heavy atom. The summed E-state index contributed by atoms with van der Waals surface area (Å²) in [7, 11) is 0. The highest BCUT2D eigenvalue weighted by molar-refractivity contribution is 7.10. The Kier molecular flexibility index (Phi) is 8.97. The van der Waals surface area contributed by atoms with Crippen molar-refractivity contribution in [3.63, 3.8) is 0 Å². The lowest BCUT2D eigenvalue weighted by molar-refractivity contribution is -0.144. The van der Waals surface area contributed by atoms with Crippen LogP contribution in [0.15, 0.2) is 17.5 Å². The van der Waals surface area contributed by atoms with Gasteiger partial charge in [0, 0.05) is 31.4 Å². The molecule has 0 spiro atoms. The first-order valence-corrected chi connectivity index (χ1v) is 8.61. The van der Waals surface area contributed by atoms with Crippen LogP contribution in [0.5, 0.6) is 0 Å². The van der Waals surface area contributed by atoms with Gasteiger partial charge in [0.2, 0.25) is 11.8 Å². The number of esters is 1. The predicted octanol–water partition coefficient (Wildman–Crippen LogP) is 1.60. The van der Waals surface area contributed by atoms with E-state index in [0.29, 0.717) is 39.1 Å². The van der Waals surface area contributed by atoms with Crippen molar-refractivity contribution in [3.8, 4) is 0 Å². The lowest BCUT2D eigenvalue weighted by atomic mass is 10.2. The summed E-state index contributed by atoms with van der Waals surface area (Å²) in [5.41, 5.74) is 0.